The van der Waals surface area contributed by atoms with Crippen molar-refractivity contribution in [1.29, 1.82) is 0 Å². The molecular weight excluding hydrogens is 521 g/mol. The van der Waals surface area contributed by atoms with Gasteiger partial charge in [-0.25, -0.2) is 14.2 Å². The molecule has 3 heterocycles. The molecule has 0 bridgehead atoms. The highest BCUT2D eigenvalue weighted by atomic mass is 19.1. The molecule has 1 aliphatic heterocycles. The van der Waals surface area contributed by atoms with Gasteiger partial charge in [0.15, 0.2) is 6.10 Å². The second-order valence-electron chi connectivity index (χ2n) is 12.6. The number of hydrogen-bond acceptors (Lipinski definition) is 6. The molecule has 1 N–H and O–H groups in total. The van der Waals surface area contributed by atoms with Gasteiger partial charge in [0.05, 0.1) is 17.9 Å². The Morgan fingerprint density at radius 3 is 2.29 bits per heavy atom. The summed E-state index contributed by atoms with van der Waals surface area (Å²) in [6.07, 6.45) is 3.20. The van der Waals surface area contributed by atoms with E-state index in [2.05, 4.69) is 23.7 Å². The van der Waals surface area contributed by atoms with Crippen molar-refractivity contribution in [2.24, 2.45) is 5.41 Å². The van der Waals surface area contributed by atoms with Gasteiger partial charge in [-0.15, -0.1) is 0 Å². The van der Waals surface area contributed by atoms with E-state index in [0.717, 1.165) is 54.0 Å². The zero-order valence-electron chi connectivity index (χ0n) is 25.3. The van der Waals surface area contributed by atoms with Gasteiger partial charge in [-0.1, -0.05) is 26.0 Å². The van der Waals surface area contributed by atoms with Crippen molar-refractivity contribution in [3.8, 4) is 17.0 Å². The third-order valence-corrected chi connectivity index (χ3v) is 7.55. The number of anilines is 1. The van der Waals surface area contributed by atoms with E-state index >= 15 is 0 Å². The number of pyridine rings is 2. The Labute approximate surface area is 242 Å². The van der Waals surface area contributed by atoms with Crippen LogP contribution in [0.1, 0.15) is 76.1 Å². The first-order chi connectivity index (χ1) is 19.2. The van der Waals surface area contributed by atoms with Crippen molar-refractivity contribution < 1.29 is 23.8 Å². The summed E-state index contributed by atoms with van der Waals surface area (Å²) in [6, 6.07) is 10.1. The average molecular weight is 564 g/mol. The van der Waals surface area contributed by atoms with Crippen molar-refractivity contribution in [3.63, 3.8) is 0 Å². The van der Waals surface area contributed by atoms with Crippen molar-refractivity contribution >= 4 is 11.7 Å². The van der Waals surface area contributed by atoms with E-state index in [1.165, 1.54) is 12.1 Å². The maximum absolute atomic E-state index is 13.2. The monoisotopic (exact) mass is 563 g/mol. The molecular formula is C33H42FN3O4. The van der Waals surface area contributed by atoms with Gasteiger partial charge in [0, 0.05) is 59.9 Å². The van der Waals surface area contributed by atoms with E-state index in [1.807, 2.05) is 46.8 Å². The first kappa shape index (κ1) is 30.4. The Morgan fingerprint density at radius 1 is 1.07 bits per heavy atom. The quantitative estimate of drug-likeness (QED) is 0.298. The summed E-state index contributed by atoms with van der Waals surface area (Å²) in [5, 5.41) is 10.3. The highest BCUT2D eigenvalue weighted by Gasteiger charge is 2.36. The lowest BCUT2D eigenvalue weighted by Crippen LogP contribution is -2.39. The minimum Gasteiger partial charge on any atom is -0.479 e. The standard InChI is InChI=1S/C33H42FN3O4/c1-21-27(24-10-13-26(35-20-24)40-19-14-23-8-11-25(34)12-9-23)29(37-17-15-33(6,7)16-18-37)28(22(2)36-21)30(31(38)39)41-32(3,4)5/h8-13,20,30H,14-19H2,1-7H3,(H,38,39). The predicted octanol–water partition coefficient (Wildman–Crippen LogP) is 7.09. The van der Waals surface area contributed by atoms with Crippen molar-refractivity contribution in [2.75, 3.05) is 24.6 Å². The van der Waals surface area contributed by atoms with E-state index in [0.29, 0.717) is 30.2 Å². The van der Waals surface area contributed by atoms with E-state index in [-0.39, 0.29) is 11.2 Å². The van der Waals surface area contributed by atoms with Crippen LogP contribution >= 0.6 is 0 Å². The number of carbonyl (C=O) groups is 1. The number of carboxylic acids is 1. The molecule has 0 radical (unpaired) electrons. The molecule has 8 heteroatoms. The van der Waals surface area contributed by atoms with Crippen molar-refractivity contribution in [3.05, 3.63) is 70.9 Å². The molecule has 0 aliphatic carbocycles. The van der Waals surface area contributed by atoms with Gasteiger partial charge >= 0.3 is 5.97 Å². The van der Waals surface area contributed by atoms with Crippen LogP contribution in [0.15, 0.2) is 42.6 Å². The first-order valence-electron chi connectivity index (χ1n) is 14.2. The number of halogens is 1. The molecule has 1 atom stereocenters. The first-order valence-corrected chi connectivity index (χ1v) is 14.2. The van der Waals surface area contributed by atoms with Gasteiger partial charge in [-0.05, 0) is 76.6 Å². The lowest BCUT2D eigenvalue weighted by molar-refractivity contribution is -0.160. The van der Waals surface area contributed by atoms with Crippen LogP contribution in [0.5, 0.6) is 5.88 Å². The zero-order valence-corrected chi connectivity index (χ0v) is 25.3. The molecule has 2 aromatic heterocycles. The Hall–Kier alpha value is -3.52. The fourth-order valence-corrected chi connectivity index (χ4v) is 5.29. The maximum atomic E-state index is 13.2. The van der Waals surface area contributed by atoms with E-state index in [4.69, 9.17) is 14.5 Å². The van der Waals surface area contributed by atoms with Crippen LogP contribution in [0.3, 0.4) is 0 Å². The number of aliphatic carboxylic acids is 1. The number of aryl methyl sites for hydroxylation is 2. The Balaban J connectivity index is 1.71. The number of nitrogens with zero attached hydrogens (tertiary/aromatic N) is 3. The highest BCUT2D eigenvalue weighted by Crippen LogP contribution is 2.44. The molecule has 1 aromatic carbocycles. The Morgan fingerprint density at radius 2 is 1.73 bits per heavy atom. The van der Waals surface area contributed by atoms with Crippen LogP contribution in [0, 0.1) is 25.1 Å². The van der Waals surface area contributed by atoms with Gasteiger partial charge < -0.3 is 19.5 Å². The smallest absolute Gasteiger partial charge is 0.337 e. The summed E-state index contributed by atoms with van der Waals surface area (Å²) in [6.45, 7) is 16.0. The molecule has 0 amide bonds. The molecule has 7 nitrogen and oxygen atoms in total. The summed E-state index contributed by atoms with van der Waals surface area (Å²) in [5.74, 6) is -0.820. The largest absolute Gasteiger partial charge is 0.479 e. The zero-order chi connectivity index (χ0) is 29.9. The predicted molar refractivity (Wildman–Crippen MR) is 159 cm³/mol. The molecule has 0 spiro atoms. The Bertz CT molecular complexity index is 1360. The van der Waals surface area contributed by atoms with Gasteiger partial charge in [0.25, 0.3) is 0 Å². The van der Waals surface area contributed by atoms with Crippen LogP contribution in [-0.2, 0) is 16.0 Å². The fourth-order valence-electron chi connectivity index (χ4n) is 5.29. The number of piperidine rings is 1. The van der Waals surface area contributed by atoms with Crippen LogP contribution in [0.25, 0.3) is 11.1 Å². The average Bonchev–Trinajstić information content (AvgIpc) is 2.88. The van der Waals surface area contributed by atoms with Crippen LogP contribution in [-0.4, -0.2) is 46.3 Å². The number of aromatic nitrogens is 2. The number of rotatable bonds is 9. The number of ether oxygens (including phenoxy) is 2. The van der Waals surface area contributed by atoms with Crippen molar-refractivity contribution in [1.82, 2.24) is 9.97 Å². The highest BCUT2D eigenvalue weighted by molar-refractivity contribution is 5.87. The molecule has 0 saturated carbocycles. The number of benzene rings is 1. The number of hydrogen-bond donors (Lipinski definition) is 1. The summed E-state index contributed by atoms with van der Waals surface area (Å²) in [7, 11) is 0. The summed E-state index contributed by atoms with van der Waals surface area (Å²) in [5.41, 5.74) is 5.13. The van der Waals surface area contributed by atoms with E-state index in [9.17, 15) is 14.3 Å². The maximum Gasteiger partial charge on any atom is 0.337 e. The fraction of sp³-hybridized carbons (Fsp3) is 0.485. The molecule has 4 rings (SSSR count). The second kappa shape index (κ2) is 12.1. The van der Waals surface area contributed by atoms with Gasteiger partial charge in [0.1, 0.15) is 5.82 Å². The SMILES string of the molecule is Cc1nc(C)c(C(OC(C)(C)C)C(=O)O)c(N2CCC(C)(C)CC2)c1-c1ccc(OCCc2ccc(F)cc2)nc1. The van der Waals surface area contributed by atoms with Gasteiger partial charge in [0.2, 0.25) is 5.88 Å². The van der Waals surface area contributed by atoms with E-state index < -0.39 is 17.7 Å². The summed E-state index contributed by atoms with van der Waals surface area (Å²) < 4.78 is 25.2. The topological polar surface area (TPSA) is 84.8 Å². The van der Waals surface area contributed by atoms with Gasteiger partial charge in [-0.2, -0.15) is 0 Å². The van der Waals surface area contributed by atoms with Gasteiger partial charge in [-0.3, -0.25) is 4.98 Å². The molecule has 220 valence electrons. The molecule has 3 aromatic rings. The normalized spacial score (nSPS) is 16.0. The molecule has 1 aliphatic rings. The lowest BCUT2D eigenvalue weighted by atomic mass is 9.82. The van der Waals surface area contributed by atoms with Crippen LogP contribution < -0.4 is 9.64 Å². The minimum absolute atomic E-state index is 0.219. The van der Waals surface area contributed by atoms with Crippen molar-refractivity contribution in [2.45, 2.75) is 79.4 Å². The molecule has 1 unspecified atom stereocenters. The second-order valence-corrected chi connectivity index (χ2v) is 12.6. The molecule has 1 saturated heterocycles. The molecule has 1 fully saturated rings. The van der Waals surface area contributed by atoms with E-state index in [1.54, 1.807) is 18.3 Å². The summed E-state index contributed by atoms with van der Waals surface area (Å²) >= 11 is 0. The minimum atomic E-state index is -1.17. The summed E-state index contributed by atoms with van der Waals surface area (Å²) in [4.78, 5) is 24.3. The third kappa shape index (κ3) is 7.61. The van der Waals surface area contributed by atoms with Crippen LogP contribution in [0.4, 0.5) is 10.1 Å². The molecule has 41 heavy (non-hydrogen) atoms. The van der Waals surface area contributed by atoms with Crippen LogP contribution in [0.2, 0.25) is 0 Å². The Kier molecular flexibility index (Phi) is 9.02. The number of carboxylic acid groups (broad SMARTS) is 1. The lowest BCUT2D eigenvalue weighted by Gasteiger charge is -2.41. The third-order valence-electron chi connectivity index (χ3n) is 7.55.